The van der Waals surface area contributed by atoms with Gasteiger partial charge < -0.3 is 0 Å². The topological polar surface area (TPSA) is 0 Å². The van der Waals surface area contributed by atoms with Crippen molar-refractivity contribution in [2.75, 3.05) is 0 Å². The van der Waals surface area contributed by atoms with E-state index in [1.807, 2.05) is 0 Å². The van der Waals surface area contributed by atoms with E-state index in [9.17, 15) is 0 Å². The number of hydrogen-bond acceptors (Lipinski definition) is 0. The SMILES string of the molecule is CCCCCCCCCC1(CCc2ccc(CCC3(CCCCCCCCC)CCCCC3)c(C)c2C)CCCCC1. The Balaban J connectivity index is 1.51. The highest BCUT2D eigenvalue weighted by molar-refractivity contribution is 5.40. The van der Waals surface area contributed by atoms with Crippen molar-refractivity contribution in [1.29, 1.82) is 0 Å². The van der Waals surface area contributed by atoms with Gasteiger partial charge in [0.1, 0.15) is 0 Å². The third-order valence-electron chi connectivity index (χ3n) is 12.3. The van der Waals surface area contributed by atoms with Crippen LogP contribution in [0.3, 0.4) is 0 Å². The minimum Gasteiger partial charge on any atom is -0.0654 e. The van der Waals surface area contributed by atoms with Crippen molar-refractivity contribution in [2.45, 2.75) is 220 Å². The maximum absolute atomic E-state index is 2.56. The number of aryl methyl sites for hydroxylation is 2. The first-order valence-electron chi connectivity index (χ1n) is 19.6. The molecule has 0 amide bonds. The molecule has 0 nitrogen and oxygen atoms in total. The summed E-state index contributed by atoms with van der Waals surface area (Å²) in [4.78, 5) is 0. The van der Waals surface area contributed by atoms with Crippen LogP contribution in [-0.2, 0) is 12.8 Å². The molecule has 0 aromatic heterocycles. The fourth-order valence-corrected chi connectivity index (χ4v) is 9.04. The van der Waals surface area contributed by atoms with Crippen LogP contribution >= 0.6 is 0 Å². The van der Waals surface area contributed by atoms with E-state index in [-0.39, 0.29) is 0 Å². The van der Waals surface area contributed by atoms with Gasteiger partial charge in [0, 0.05) is 0 Å². The Kier molecular flexibility index (Phi) is 17.2. The van der Waals surface area contributed by atoms with Crippen molar-refractivity contribution < 1.29 is 0 Å². The minimum atomic E-state index is 0.643. The molecule has 2 aliphatic carbocycles. The summed E-state index contributed by atoms with van der Waals surface area (Å²) in [5, 5.41) is 0. The van der Waals surface area contributed by atoms with Crippen LogP contribution in [0.4, 0.5) is 0 Å². The largest absolute Gasteiger partial charge is 0.0654 e. The van der Waals surface area contributed by atoms with Crippen LogP contribution in [0, 0.1) is 24.7 Å². The number of hydrogen-bond donors (Lipinski definition) is 0. The molecule has 0 aliphatic heterocycles. The molecule has 2 aliphatic rings. The molecule has 1 aromatic rings. The lowest BCUT2D eigenvalue weighted by Crippen LogP contribution is -2.25. The van der Waals surface area contributed by atoms with Crippen LogP contribution in [0.25, 0.3) is 0 Å². The van der Waals surface area contributed by atoms with Gasteiger partial charge in [0.05, 0.1) is 0 Å². The molecule has 3 rings (SSSR count). The van der Waals surface area contributed by atoms with Crippen molar-refractivity contribution in [3.05, 3.63) is 34.4 Å². The molecule has 0 unspecified atom stereocenters. The van der Waals surface area contributed by atoms with Gasteiger partial charge in [0.15, 0.2) is 0 Å². The van der Waals surface area contributed by atoms with Crippen molar-refractivity contribution in [3.63, 3.8) is 0 Å². The average molecular weight is 579 g/mol. The molecule has 0 heterocycles. The normalized spacial score (nSPS) is 18.4. The molecule has 2 fully saturated rings. The molecule has 2 saturated carbocycles. The van der Waals surface area contributed by atoms with Gasteiger partial charge in [0.25, 0.3) is 0 Å². The Morgan fingerprint density at radius 1 is 0.429 bits per heavy atom. The van der Waals surface area contributed by atoms with Crippen molar-refractivity contribution in [2.24, 2.45) is 10.8 Å². The second-order valence-corrected chi connectivity index (χ2v) is 15.5. The second kappa shape index (κ2) is 20.3. The Bertz CT molecular complexity index is 750. The lowest BCUT2D eigenvalue weighted by Gasteiger charge is -2.38. The molecular weight excluding hydrogens is 504 g/mol. The number of benzene rings is 1. The standard InChI is InChI=1S/C42H74/c1-5-7-9-11-13-15-19-29-41(31-21-17-22-32-41)35-27-39-25-26-40(38(4)37(39)3)28-36-42(33-23-18-24-34-42)30-20-16-14-12-10-8-6-2/h25-26H,5-24,27-36H2,1-4H3. The van der Waals surface area contributed by atoms with Gasteiger partial charge in [-0.15, -0.1) is 0 Å². The second-order valence-electron chi connectivity index (χ2n) is 15.5. The Morgan fingerprint density at radius 3 is 1.12 bits per heavy atom. The zero-order valence-electron chi connectivity index (χ0n) is 29.4. The first-order chi connectivity index (χ1) is 20.5. The predicted molar refractivity (Wildman–Crippen MR) is 189 cm³/mol. The van der Waals surface area contributed by atoms with Gasteiger partial charge >= 0.3 is 0 Å². The molecule has 42 heavy (non-hydrogen) atoms. The summed E-state index contributed by atoms with van der Waals surface area (Å²) >= 11 is 0. The lowest BCUT2D eigenvalue weighted by molar-refractivity contribution is 0.151. The first kappa shape index (κ1) is 35.7. The summed E-state index contributed by atoms with van der Waals surface area (Å²) in [5.74, 6) is 0. The summed E-state index contributed by atoms with van der Waals surface area (Å²) in [6.45, 7) is 9.56. The van der Waals surface area contributed by atoms with E-state index in [0.717, 1.165) is 0 Å². The van der Waals surface area contributed by atoms with Crippen molar-refractivity contribution >= 4 is 0 Å². The molecule has 242 valence electrons. The molecule has 0 saturated heterocycles. The maximum Gasteiger partial charge on any atom is -0.0271 e. The van der Waals surface area contributed by atoms with E-state index in [0.29, 0.717) is 10.8 Å². The van der Waals surface area contributed by atoms with Crippen LogP contribution in [0.2, 0.25) is 0 Å². The molecule has 1 aromatic carbocycles. The van der Waals surface area contributed by atoms with E-state index in [2.05, 4.69) is 39.8 Å². The molecule has 0 atom stereocenters. The van der Waals surface area contributed by atoms with Crippen LogP contribution < -0.4 is 0 Å². The highest BCUT2D eigenvalue weighted by atomic mass is 14.4. The van der Waals surface area contributed by atoms with Gasteiger partial charge in [-0.05, 0) is 111 Å². The van der Waals surface area contributed by atoms with Gasteiger partial charge in [0.2, 0.25) is 0 Å². The van der Waals surface area contributed by atoms with Crippen molar-refractivity contribution in [3.8, 4) is 0 Å². The van der Waals surface area contributed by atoms with Crippen LogP contribution in [0.1, 0.15) is 216 Å². The Labute approximate surface area is 265 Å². The zero-order chi connectivity index (χ0) is 29.9. The molecule has 0 N–H and O–H groups in total. The first-order valence-corrected chi connectivity index (χ1v) is 19.6. The molecule has 0 radical (unpaired) electrons. The summed E-state index contributed by atoms with van der Waals surface area (Å²) in [6.07, 6.45) is 43.6. The van der Waals surface area contributed by atoms with E-state index >= 15 is 0 Å². The van der Waals surface area contributed by atoms with E-state index in [1.54, 1.807) is 22.3 Å². The van der Waals surface area contributed by atoms with Gasteiger partial charge in [-0.1, -0.05) is 154 Å². The third-order valence-corrected chi connectivity index (χ3v) is 12.3. The minimum absolute atomic E-state index is 0.643. The number of unbranched alkanes of at least 4 members (excludes halogenated alkanes) is 12. The van der Waals surface area contributed by atoms with E-state index in [4.69, 9.17) is 0 Å². The maximum atomic E-state index is 2.56. The highest BCUT2D eigenvalue weighted by Gasteiger charge is 2.32. The smallest absolute Gasteiger partial charge is 0.0271 e. The summed E-state index contributed by atoms with van der Waals surface area (Å²) in [5.41, 5.74) is 7.86. The highest BCUT2D eigenvalue weighted by Crippen LogP contribution is 2.46. The summed E-state index contributed by atoms with van der Waals surface area (Å²) < 4.78 is 0. The molecule has 0 heteroatoms. The fourth-order valence-electron chi connectivity index (χ4n) is 9.04. The van der Waals surface area contributed by atoms with Crippen molar-refractivity contribution in [1.82, 2.24) is 0 Å². The van der Waals surface area contributed by atoms with E-state index in [1.165, 1.54) is 193 Å². The monoisotopic (exact) mass is 579 g/mol. The fraction of sp³-hybridized carbons (Fsp3) is 0.857. The summed E-state index contributed by atoms with van der Waals surface area (Å²) in [7, 11) is 0. The molecule has 0 spiro atoms. The van der Waals surface area contributed by atoms with E-state index < -0.39 is 0 Å². The molecule has 0 bridgehead atoms. The van der Waals surface area contributed by atoms with Crippen LogP contribution in [0.5, 0.6) is 0 Å². The predicted octanol–water partition coefficient (Wildman–Crippen LogP) is 14.4. The molecular formula is C42H74. The Hall–Kier alpha value is -0.780. The number of rotatable bonds is 22. The average Bonchev–Trinajstić information content (AvgIpc) is 3.01. The van der Waals surface area contributed by atoms with Gasteiger partial charge in [-0.2, -0.15) is 0 Å². The zero-order valence-corrected chi connectivity index (χ0v) is 29.4. The van der Waals surface area contributed by atoms with Gasteiger partial charge in [-0.25, -0.2) is 0 Å². The van der Waals surface area contributed by atoms with Crippen LogP contribution in [-0.4, -0.2) is 0 Å². The summed E-state index contributed by atoms with van der Waals surface area (Å²) in [6, 6.07) is 5.12. The third kappa shape index (κ3) is 12.3. The lowest BCUT2D eigenvalue weighted by atomic mass is 9.67. The van der Waals surface area contributed by atoms with Crippen LogP contribution in [0.15, 0.2) is 12.1 Å². The quantitative estimate of drug-likeness (QED) is 0.120. The van der Waals surface area contributed by atoms with Gasteiger partial charge in [-0.3, -0.25) is 0 Å². The Morgan fingerprint density at radius 2 is 0.762 bits per heavy atom.